The Kier molecular flexibility index (Phi) is 4.86. The first kappa shape index (κ1) is 17.3. The van der Waals surface area contributed by atoms with Crippen LogP contribution in [0.4, 0.5) is 4.79 Å². The molecule has 5 heteroatoms. The lowest BCUT2D eigenvalue weighted by atomic mass is 9.49. The van der Waals surface area contributed by atoms with Crippen LogP contribution in [-0.2, 0) is 13.0 Å². The van der Waals surface area contributed by atoms with Crippen molar-refractivity contribution in [2.45, 2.75) is 44.7 Å². The zero-order chi connectivity index (χ0) is 18.0. The molecule has 0 saturated heterocycles. The lowest BCUT2D eigenvalue weighted by molar-refractivity contribution is -0.0454. The molecular formula is C21H24ClN3O. The Morgan fingerprint density at radius 2 is 1.73 bits per heavy atom. The first-order valence-corrected chi connectivity index (χ1v) is 9.66. The maximum Gasteiger partial charge on any atom is 0.315 e. The van der Waals surface area contributed by atoms with Crippen LogP contribution in [-0.4, -0.2) is 17.1 Å². The second-order valence-corrected chi connectivity index (χ2v) is 8.33. The number of hydrogen-bond donors (Lipinski definition) is 2. The normalized spacial score (nSPS) is 26.7. The Bertz CT molecular complexity index is 749. The summed E-state index contributed by atoms with van der Waals surface area (Å²) in [7, 11) is 0. The van der Waals surface area contributed by atoms with Gasteiger partial charge in [0.15, 0.2) is 0 Å². The molecule has 1 spiro atoms. The highest BCUT2D eigenvalue weighted by molar-refractivity contribution is 6.30. The Balaban J connectivity index is 1.14. The number of urea groups is 1. The van der Waals surface area contributed by atoms with Crippen molar-refractivity contribution in [2.75, 3.05) is 0 Å². The molecule has 1 aromatic heterocycles. The van der Waals surface area contributed by atoms with Gasteiger partial charge in [0.1, 0.15) is 0 Å². The van der Waals surface area contributed by atoms with Crippen molar-refractivity contribution >= 4 is 17.6 Å². The number of halogens is 1. The molecule has 0 unspecified atom stereocenters. The van der Waals surface area contributed by atoms with Crippen molar-refractivity contribution in [1.29, 1.82) is 0 Å². The van der Waals surface area contributed by atoms with Crippen molar-refractivity contribution < 1.29 is 4.79 Å². The van der Waals surface area contributed by atoms with Crippen molar-refractivity contribution in [1.82, 2.24) is 15.6 Å². The van der Waals surface area contributed by atoms with Crippen molar-refractivity contribution in [3.05, 3.63) is 64.9 Å². The van der Waals surface area contributed by atoms with E-state index in [0.29, 0.717) is 23.0 Å². The highest BCUT2D eigenvalue weighted by Gasteiger charge is 2.52. The molecule has 0 aliphatic heterocycles. The van der Waals surface area contributed by atoms with E-state index in [0.717, 1.165) is 30.7 Å². The summed E-state index contributed by atoms with van der Waals surface area (Å²) in [4.78, 5) is 16.1. The fourth-order valence-corrected chi connectivity index (χ4v) is 4.73. The summed E-state index contributed by atoms with van der Waals surface area (Å²) in [5.74, 6) is 0.789. The Morgan fingerprint density at radius 1 is 1.04 bits per heavy atom. The number of pyridine rings is 1. The van der Waals surface area contributed by atoms with E-state index in [4.69, 9.17) is 11.6 Å². The monoisotopic (exact) mass is 369 g/mol. The van der Waals surface area contributed by atoms with Crippen LogP contribution in [0.1, 0.15) is 36.8 Å². The number of amides is 2. The third-order valence-electron chi connectivity index (χ3n) is 5.78. The van der Waals surface area contributed by atoms with Crippen LogP contribution in [0.3, 0.4) is 0 Å². The first-order valence-electron chi connectivity index (χ1n) is 9.28. The Morgan fingerprint density at radius 3 is 2.42 bits per heavy atom. The Hall–Kier alpha value is -2.07. The van der Waals surface area contributed by atoms with E-state index in [1.807, 2.05) is 36.7 Å². The standard InChI is InChI=1S/C21H24ClN3O/c22-18-3-1-16(2-4-18)14-24-20(26)25-19-12-21(13-19)10-17(11-21)9-15-5-7-23-8-6-15/h1-8,17,19H,9-14H2,(H2,24,25,26). The van der Waals surface area contributed by atoms with E-state index in [-0.39, 0.29) is 6.03 Å². The zero-order valence-electron chi connectivity index (χ0n) is 14.7. The minimum atomic E-state index is -0.0764. The third-order valence-corrected chi connectivity index (χ3v) is 6.03. The molecule has 0 bridgehead atoms. The number of carbonyl (C=O) groups is 1. The van der Waals surface area contributed by atoms with Gasteiger partial charge in [0.25, 0.3) is 0 Å². The van der Waals surface area contributed by atoms with Crippen LogP contribution in [0.25, 0.3) is 0 Å². The molecule has 136 valence electrons. The number of nitrogens with one attached hydrogen (secondary N) is 2. The van der Waals surface area contributed by atoms with Gasteiger partial charge in [-0.3, -0.25) is 4.98 Å². The van der Waals surface area contributed by atoms with Gasteiger partial charge in [-0.1, -0.05) is 23.7 Å². The minimum Gasteiger partial charge on any atom is -0.335 e. The van der Waals surface area contributed by atoms with Gasteiger partial charge in [-0.05, 0) is 78.8 Å². The van der Waals surface area contributed by atoms with Gasteiger partial charge in [0.2, 0.25) is 0 Å². The van der Waals surface area contributed by atoms with Crippen LogP contribution >= 0.6 is 11.6 Å². The van der Waals surface area contributed by atoms with Crippen LogP contribution in [0.15, 0.2) is 48.8 Å². The van der Waals surface area contributed by atoms with Crippen LogP contribution in [0, 0.1) is 11.3 Å². The summed E-state index contributed by atoms with van der Waals surface area (Å²) in [5.41, 5.74) is 2.93. The van der Waals surface area contributed by atoms with Gasteiger partial charge in [-0.2, -0.15) is 0 Å². The summed E-state index contributed by atoms with van der Waals surface area (Å²) < 4.78 is 0. The summed E-state index contributed by atoms with van der Waals surface area (Å²) in [5, 5.41) is 6.73. The lowest BCUT2D eigenvalue weighted by Gasteiger charge is -2.58. The largest absolute Gasteiger partial charge is 0.335 e. The highest BCUT2D eigenvalue weighted by atomic mass is 35.5. The molecule has 1 heterocycles. The molecule has 26 heavy (non-hydrogen) atoms. The maximum atomic E-state index is 12.1. The van der Waals surface area contributed by atoms with Gasteiger partial charge in [0.05, 0.1) is 0 Å². The van der Waals surface area contributed by atoms with Gasteiger partial charge in [-0.25, -0.2) is 4.79 Å². The van der Waals surface area contributed by atoms with Crippen LogP contribution in [0.2, 0.25) is 5.02 Å². The van der Waals surface area contributed by atoms with E-state index < -0.39 is 0 Å². The van der Waals surface area contributed by atoms with Crippen molar-refractivity contribution in [3.8, 4) is 0 Å². The molecule has 0 radical (unpaired) electrons. The van der Waals surface area contributed by atoms with Gasteiger partial charge in [0, 0.05) is 30.0 Å². The fourth-order valence-electron chi connectivity index (χ4n) is 4.60. The lowest BCUT2D eigenvalue weighted by Crippen LogP contribution is -2.57. The van der Waals surface area contributed by atoms with E-state index in [1.165, 1.54) is 18.4 Å². The van der Waals surface area contributed by atoms with E-state index in [9.17, 15) is 4.79 Å². The number of aromatic nitrogens is 1. The molecule has 4 rings (SSSR count). The third kappa shape index (κ3) is 4.01. The summed E-state index contributed by atoms with van der Waals surface area (Å²) >= 11 is 5.87. The quantitative estimate of drug-likeness (QED) is 0.823. The average molecular weight is 370 g/mol. The van der Waals surface area contributed by atoms with Gasteiger partial charge >= 0.3 is 6.03 Å². The van der Waals surface area contributed by atoms with Crippen LogP contribution in [0.5, 0.6) is 0 Å². The molecule has 2 aromatic rings. The van der Waals surface area contributed by atoms with Crippen molar-refractivity contribution in [3.63, 3.8) is 0 Å². The number of hydrogen-bond acceptors (Lipinski definition) is 2. The zero-order valence-corrected chi connectivity index (χ0v) is 15.5. The Labute approximate surface area is 159 Å². The first-order chi connectivity index (χ1) is 12.6. The molecule has 2 aliphatic carbocycles. The number of nitrogens with zero attached hydrogens (tertiary/aromatic N) is 1. The van der Waals surface area contributed by atoms with Gasteiger partial charge in [-0.15, -0.1) is 0 Å². The molecule has 4 nitrogen and oxygen atoms in total. The highest BCUT2D eigenvalue weighted by Crippen LogP contribution is 2.59. The minimum absolute atomic E-state index is 0.0764. The maximum absolute atomic E-state index is 12.1. The topological polar surface area (TPSA) is 54.0 Å². The predicted octanol–water partition coefficient (Wildman–Crippen LogP) is 4.34. The molecule has 1 aromatic carbocycles. The average Bonchev–Trinajstić information content (AvgIpc) is 2.58. The fraction of sp³-hybridized carbons (Fsp3) is 0.429. The summed E-state index contributed by atoms with van der Waals surface area (Å²) in [6.45, 7) is 0.523. The molecule has 2 fully saturated rings. The molecule has 2 saturated carbocycles. The molecule has 0 atom stereocenters. The predicted molar refractivity (Wildman–Crippen MR) is 103 cm³/mol. The smallest absolute Gasteiger partial charge is 0.315 e. The second-order valence-electron chi connectivity index (χ2n) is 7.89. The van der Waals surface area contributed by atoms with Crippen LogP contribution < -0.4 is 10.6 Å². The van der Waals surface area contributed by atoms with Crippen molar-refractivity contribution in [2.24, 2.45) is 11.3 Å². The number of carbonyl (C=O) groups excluding carboxylic acids is 1. The van der Waals surface area contributed by atoms with E-state index >= 15 is 0 Å². The SMILES string of the molecule is O=C(NCc1ccc(Cl)cc1)NC1CC2(CC(Cc3ccncc3)C2)C1. The number of rotatable bonds is 5. The number of benzene rings is 1. The molecule has 2 aliphatic rings. The summed E-state index contributed by atoms with van der Waals surface area (Å²) in [6, 6.07) is 12.0. The molecule has 2 N–H and O–H groups in total. The second kappa shape index (κ2) is 7.28. The van der Waals surface area contributed by atoms with E-state index in [1.54, 1.807) is 0 Å². The summed E-state index contributed by atoms with van der Waals surface area (Å²) in [6.07, 6.45) is 9.72. The molecule has 2 amide bonds. The van der Waals surface area contributed by atoms with Gasteiger partial charge < -0.3 is 10.6 Å². The van der Waals surface area contributed by atoms with E-state index in [2.05, 4.69) is 27.8 Å². The molecular weight excluding hydrogens is 346 g/mol.